The monoisotopic (exact) mass is 408 g/mol. The van der Waals surface area contributed by atoms with Gasteiger partial charge >= 0.3 is 0 Å². The Morgan fingerprint density at radius 2 is 0.935 bits per heavy atom. The quantitative estimate of drug-likeness (QED) is 0.247. The molecule has 2 aromatic heterocycles. The van der Waals surface area contributed by atoms with E-state index in [9.17, 15) is 0 Å². The van der Waals surface area contributed by atoms with Crippen LogP contribution >= 0.6 is 0 Å². The highest BCUT2D eigenvalue weighted by Crippen LogP contribution is 2.17. The van der Waals surface area contributed by atoms with E-state index >= 15 is 0 Å². The standard InChI is InChI=1S/C25H24N6/c1-3-9-22(10-4-1)26-28-24-14-19-30(20-15-24)17-8-18-31-16-7-13-25(21-31)29-27-23-11-5-2-6-12-23/h1-7,9-16,19-21H,8,17-18H2/q+2. The van der Waals surface area contributed by atoms with E-state index in [-0.39, 0.29) is 0 Å². The van der Waals surface area contributed by atoms with Gasteiger partial charge < -0.3 is 0 Å². The zero-order valence-corrected chi connectivity index (χ0v) is 17.2. The van der Waals surface area contributed by atoms with E-state index in [0.29, 0.717) is 0 Å². The van der Waals surface area contributed by atoms with E-state index in [1.54, 1.807) is 0 Å². The molecule has 152 valence electrons. The van der Waals surface area contributed by atoms with Gasteiger partial charge in [0.1, 0.15) is 5.69 Å². The Balaban J connectivity index is 1.28. The van der Waals surface area contributed by atoms with Crippen LogP contribution in [-0.2, 0) is 13.1 Å². The van der Waals surface area contributed by atoms with Crippen molar-refractivity contribution in [2.24, 2.45) is 20.5 Å². The first-order valence-electron chi connectivity index (χ1n) is 10.3. The lowest BCUT2D eigenvalue weighted by molar-refractivity contribution is -0.726. The Hall–Kier alpha value is -4.06. The van der Waals surface area contributed by atoms with Crippen LogP contribution in [0.1, 0.15) is 6.42 Å². The second-order valence-corrected chi connectivity index (χ2v) is 7.02. The van der Waals surface area contributed by atoms with E-state index in [0.717, 1.165) is 42.3 Å². The number of benzene rings is 2. The van der Waals surface area contributed by atoms with Crippen molar-refractivity contribution in [3.8, 4) is 0 Å². The molecule has 2 heterocycles. The van der Waals surface area contributed by atoms with E-state index in [2.05, 4.69) is 35.8 Å². The van der Waals surface area contributed by atoms with Crippen molar-refractivity contribution in [2.75, 3.05) is 0 Å². The topological polar surface area (TPSA) is 57.2 Å². The first-order valence-corrected chi connectivity index (χ1v) is 10.3. The maximum Gasteiger partial charge on any atom is 0.196 e. The highest BCUT2D eigenvalue weighted by atomic mass is 15.1. The van der Waals surface area contributed by atoms with Crippen LogP contribution < -0.4 is 9.13 Å². The molecule has 0 saturated heterocycles. The molecule has 0 aliphatic rings. The Morgan fingerprint density at radius 1 is 0.452 bits per heavy atom. The number of nitrogens with zero attached hydrogens (tertiary/aromatic N) is 6. The summed E-state index contributed by atoms with van der Waals surface area (Å²) >= 11 is 0. The molecule has 0 unspecified atom stereocenters. The fraction of sp³-hybridized carbons (Fsp3) is 0.120. The Kier molecular flexibility index (Phi) is 6.94. The summed E-state index contributed by atoms with van der Waals surface area (Å²) in [5, 5.41) is 17.1. The summed E-state index contributed by atoms with van der Waals surface area (Å²) in [5.74, 6) is 0. The van der Waals surface area contributed by atoms with Gasteiger partial charge in [-0.1, -0.05) is 36.4 Å². The zero-order chi connectivity index (χ0) is 21.1. The van der Waals surface area contributed by atoms with Gasteiger partial charge in [0.15, 0.2) is 37.9 Å². The second kappa shape index (κ2) is 10.6. The van der Waals surface area contributed by atoms with Gasteiger partial charge in [-0.3, -0.25) is 0 Å². The zero-order valence-electron chi connectivity index (χ0n) is 17.2. The van der Waals surface area contributed by atoms with Crippen LogP contribution in [0.15, 0.2) is 130 Å². The molecule has 0 atom stereocenters. The second-order valence-electron chi connectivity index (χ2n) is 7.02. The van der Waals surface area contributed by atoms with Crippen molar-refractivity contribution in [1.29, 1.82) is 0 Å². The average molecular weight is 409 g/mol. The van der Waals surface area contributed by atoms with Crippen LogP contribution in [0, 0.1) is 0 Å². The molecule has 4 aromatic rings. The van der Waals surface area contributed by atoms with E-state index < -0.39 is 0 Å². The molecule has 31 heavy (non-hydrogen) atoms. The lowest BCUT2D eigenvalue weighted by Gasteiger charge is -1.98. The van der Waals surface area contributed by atoms with Crippen LogP contribution in [0.4, 0.5) is 22.7 Å². The van der Waals surface area contributed by atoms with Crippen molar-refractivity contribution in [3.05, 3.63) is 110 Å². The Labute approximate surface area is 181 Å². The highest BCUT2D eigenvalue weighted by Gasteiger charge is 2.06. The van der Waals surface area contributed by atoms with Gasteiger partial charge in [-0.2, -0.15) is 15.3 Å². The Bertz CT molecular complexity index is 1140. The van der Waals surface area contributed by atoms with Crippen LogP contribution in [0.3, 0.4) is 0 Å². The highest BCUT2D eigenvalue weighted by molar-refractivity contribution is 5.38. The minimum absolute atomic E-state index is 0.839. The third-order valence-electron chi connectivity index (χ3n) is 4.62. The third kappa shape index (κ3) is 6.47. The fourth-order valence-corrected chi connectivity index (χ4v) is 3.03. The summed E-state index contributed by atoms with van der Waals surface area (Å²) < 4.78 is 4.30. The van der Waals surface area contributed by atoms with Gasteiger partial charge in [-0.15, -0.1) is 5.11 Å². The summed E-state index contributed by atoms with van der Waals surface area (Å²) in [7, 11) is 0. The largest absolute Gasteiger partial charge is 0.205 e. The molecule has 0 spiro atoms. The number of aromatic nitrogens is 2. The molecule has 6 heteroatoms. The smallest absolute Gasteiger partial charge is 0.196 e. The number of aryl methyl sites for hydroxylation is 2. The molecule has 0 saturated carbocycles. The molecule has 0 aliphatic heterocycles. The van der Waals surface area contributed by atoms with E-state index in [4.69, 9.17) is 0 Å². The van der Waals surface area contributed by atoms with Crippen molar-refractivity contribution < 1.29 is 9.13 Å². The number of hydrogen-bond acceptors (Lipinski definition) is 4. The van der Waals surface area contributed by atoms with Crippen LogP contribution in [0.2, 0.25) is 0 Å². The molecule has 0 N–H and O–H groups in total. The van der Waals surface area contributed by atoms with Crippen molar-refractivity contribution >= 4 is 22.7 Å². The molecule has 2 aromatic carbocycles. The summed E-state index contributed by atoms with van der Waals surface area (Å²) in [6, 6.07) is 27.4. The summed E-state index contributed by atoms with van der Waals surface area (Å²) in [5.41, 5.74) is 3.38. The van der Waals surface area contributed by atoms with Crippen LogP contribution in [-0.4, -0.2) is 0 Å². The minimum Gasteiger partial charge on any atom is -0.205 e. The average Bonchev–Trinajstić information content (AvgIpc) is 2.84. The number of hydrogen-bond donors (Lipinski definition) is 0. The van der Waals surface area contributed by atoms with Crippen LogP contribution in [0.5, 0.6) is 0 Å². The molecule has 0 bridgehead atoms. The first-order chi connectivity index (χ1) is 15.3. The normalized spacial score (nSPS) is 11.4. The van der Waals surface area contributed by atoms with Gasteiger partial charge in [0.05, 0.1) is 23.5 Å². The van der Waals surface area contributed by atoms with Gasteiger partial charge in [0, 0.05) is 18.2 Å². The molecule has 6 nitrogen and oxygen atoms in total. The summed E-state index contributed by atoms with van der Waals surface area (Å²) in [6.45, 7) is 1.82. The molecule has 0 aliphatic carbocycles. The number of pyridine rings is 2. The SMILES string of the molecule is c1ccc(N=Nc2cc[n+](CCC[n+]3cccc(N=Nc4ccccc4)c3)cc2)cc1. The fourth-order valence-electron chi connectivity index (χ4n) is 3.03. The predicted molar refractivity (Wildman–Crippen MR) is 119 cm³/mol. The molecule has 0 radical (unpaired) electrons. The number of rotatable bonds is 8. The van der Waals surface area contributed by atoms with E-state index in [1.165, 1.54) is 0 Å². The molecular formula is C25H24N6+2. The molecule has 0 amide bonds. The molecule has 0 fully saturated rings. The summed E-state index contributed by atoms with van der Waals surface area (Å²) in [6.07, 6.45) is 9.14. The van der Waals surface area contributed by atoms with Crippen molar-refractivity contribution in [3.63, 3.8) is 0 Å². The minimum atomic E-state index is 0.839. The lowest BCUT2D eigenvalue weighted by atomic mass is 10.3. The first kappa shape index (κ1) is 20.2. The molecule has 4 rings (SSSR count). The number of azo groups is 2. The van der Waals surface area contributed by atoms with Crippen LogP contribution in [0.25, 0.3) is 0 Å². The van der Waals surface area contributed by atoms with Gasteiger partial charge in [-0.05, 0) is 30.3 Å². The maximum atomic E-state index is 4.33. The van der Waals surface area contributed by atoms with Gasteiger partial charge in [0.25, 0.3) is 0 Å². The van der Waals surface area contributed by atoms with Gasteiger partial charge in [0.2, 0.25) is 0 Å². The maximum absolute atomic E-state index is 4.33. The van der Waals surface area contributed by atoms with Crippen molar-refractivity contribution in [2.45, 2.75) is 19.5 Å². The predicted octanol–water partition coefficient (Wildman–Crippen LogP) is 6.18. The Morgan fingerprint density at radius 3 is 1.55 bits per heavy atom. The summed E-state index contributed by atoms with van der Waals surface area (Å²) in [4.78, 5) is 0. The van der Waals surface area contributed by atoms with E-state index in [1.807, 2.05) is 104 Å². The van der Waals surface area contributed by atoms with Crippen molar-refractivity contribution in [1.82, 2.24) is 0 Å². The third-order valence-corrected chi connectivity index (χ3v) is 4.62. The lowest BCUT2D eigenvalue weighted by Crippen LogP contribution is -2.38. The van der Waals surface area contributed by atoms with Gasteiger partial charge in [-0.25, -0.2) is 9.13 Å². The molecular weight excluding hydrogens is 384 g/mol.